The van der Waals surface area contributed by atoms with Crippen molar-refractivity contribution in [2.24, 2.45) is 0 Å². The third kappa shape index (κ3) is 3.77. The van der Waals surface area contributed by atoms with E-state index in [0.29, 0.717) is 16.9 Å². The first-order valence-corrected chi connectivity index (χ1v) is 7.33. The predicted octanol–water partition coefficient (Wildman–Crippen LogP) is 3.91. The van der Waals surface area contributed by atoms with E-state index in [1.165, 1.54) is 6.92 Å². The average molecular weight is 312 g/mol. The molecule has 0 spiro atoms. The number of hydrogen-bond donors (Lipinski definition) is 0. The number of methoxy groups -OCH3 is 1. The van der Waals surface area contributed by atoms with Crippen LogP contribution in [0.1, 0.15) is 44.3 Å². The molecule has 0 heterocycles. The second-order valence-electron chi connectivity index (χ2n) is 5.47. The highest BCUT2D eigenvalue weighted by Crippen LogP contribution is 2.27. The monoisotopic (exact) mass is 312 g/mol. The Bertz CT molecular complexity index is 724. The zero-order valence-electron chi connectivity index (χ0n) is 13.8. The van der Waals surface area contributed by atoms with Crippen molar-refractivity contribution >= 4 is 12.1 Å². The van der Waals surface area contributed by atoms with Crippen LogP contribution in [0.2, 0.25) is 0 Å². The molecule has 23 heavy (non-hydrogen) atoms. The minimum atomic E-state index is -0.00315. The highest BCUT2D eigenvalue weighted by molar-refractivity contribution is 5.94. The second kappa shape index (κ2) is 7.09. The van der Waals surface area contributed by atoms with Crippen molar-refractivity contribution in [3.05, 3.63) is 58.1 Å². The van der Waals surface area contributed by atoms with Crippen molar-refractivity contribution in [1.82, 2.24) is 0 Å². The second-order valence-corrected chi connectivity index (χ2v) is 5.47. The Morgan fingerprint density at radius 3 is 2.30 bits per heavy atom. The first-order valence-electron chi connectivity index (χ1n) is 7.33. The molecule has 0 aromatic heterocycles. The maximum absolute atomic E-state index is 11.5. The van der Waals surface area contributed by atoms with Crippen LogP contribution >= 0.6 is 0 Å². The summed E-state index contributed by atoms with van der Waals surface area (Å²) in [5.41, 5.74) is 3.85. The molecule has 2 aromatic rings. The van der Waals surface area contributed by atoms with Gasteiger partial charge in [-0.25, -0.2) is 0 Å². The first-order chi connectivity index (χ1) is 11.0. The summed E-state index contributed by atoms with van der Waals surface area (Å²) in [7, 11) is 1.58. The van der Waals surface area contributed by atoms with Crippen molar-refractivity contribution in [2.75, 3.05) is 7.11 Å². The SMILES string of the molecule is COc1ccc(C(C)=O)cc1COc1c(C)cc(C=O)cc1C. The molecule has 0 radical (unpaired) electrons. The number of ketones is 1. The van der Waals surface area contributed by atoms with Crippen molar-refractivity contribution in [3.63, 3.8) is 0 Å². The van der Waals surface area contributed by atoms with Crippen molar-refractivity contribution in [3.8, 4) is 11.5 Å². The summed E-state index contributed by atoms with van der Waals surface area (Å²) in [4.78, 5) is 22.4. The van der Waals surface area contributed by atoms with Crippen LogP contribution in [0, 0.1) is 13.8 Å². The lowest BCUT2D eigenvalue weighted by Gasteiger charge is -2.15. The molecular formula is C19H20O4. The molecule has 4 nitrogen and oxygen atoms in total. The molecule has 0 saturated heterocycles. The van der Waals surface area contributed by atoms with E-state index in [4.69, 9.17) is 9.47 Å². The lowest BCUT2D eigenvalue weighted by atomic mass is 10.1. The molecule has 0 amide bonds. The number of benzene rings is 2. The van der Waals surface area contributed by atoms with Crippen molar-refractivity contribution < 1.29 is 19.1 Å². The Hall–Kier alpha value is -2.62. The largest absolute Gasteiger partial charge is 0.496 e. The number of aldehydes is 1. The zero-order valence-corrected chi connectivity index (χ0v) is 13.8. The van der Waals surface area contributed by atoms with Crippen LogP contribution in [0.15, 0.2) is 30.3 Å². The van der Waals surface area contributed by atoms with Gasteiger partial charge in [0, 0.05) is 16.7 Å². The fraction of sp³-hybridized carbons (Fsp3) is 0.263. The van der Waals surface area contributed by atoms with Gasteiger partial charge in [0.1, 0.15) is 24.4 Å². The summed E-state index contributed by atoms with van der Waals surface area (Å²) in [5, 5.41) is 0. The third-order valence-electron chi connectivity index (χ3n) is 3.68. The van der Waals surface area contributed by atoms with Gasteiger partial charge < -0.3 is 9.47 Å². The Kier molecular flexibility index (Phi) is 5.16. The Balaban J connectivity index is 2.29. The van der Waals surface area contributed by atoms with E-state index >= 15 is 0 Å². The van der Waals surface area contributed by atoms with E-state index in [9.17, 15) is 9.59 Å². The average Bonchev–Trinajstić information content (AvgIpc) is 2.53. The molecule has 0 aliphatic heterocycles. The molecule has 0 bridgehead atoms. The highest BCUT2D eigenvalue weighted by Gasteiger charge is 2.11. The smallest absolute Gasteiger partial charge is 0.159 e. The molecule has 0 N–H and O–H groups in total. The van der Waals surface area contributed by atoms with Crippen LogP contribution in [0.25, 0.3) is 0 Å². The van der Waals surface area contributed by atoms with Crippen LogP contribution < -0.4 is 9.47 Å². The third-order valence-corrected chi connectivity index (χ3v) is 3.68. The van der Waals surface area contributed by atoms with Gasteiger partial charge in [0.15, 0.2) is 5.78 Å². The maximum atomic E-state index is 11.5. The summed E-state index contributed by atoms with van der Waals surface area (Å²) in [6.45, 7) is 5.61. The van der Waals surface area contributed by atoms with Gasteiger partial charge in [-0.3, -0.25) is 9.59 Å². The number of carbonyl (C=O) groups excluding carboxylic acids is 2. The van der Waals surface area contributed by atoms with Gasteiger partial charge in [0.05, 0.1) is 7.11 Å². The Morgan fingerprint density at radius 2 is 1.78 bits per heavy atom. The van der Waals surface area contributed by atoms with Crippen LogP contribution in [-0.2, 0) is 6.61 Å². The normalized spacial score (nSPS) is 10.3. The zero-order chi connectivity index (χ0) is 17.0. The topological polar surface area (TPSA) is 52.6 Å². The Labute approximate surface area is 136 Å². The summed E-state index contributed by atoms with van der Waals surface area (Å²) >= 11 is 0. The molecule has 0 aliphatic rings. The molecule has 0 unspecified atom stereocenters. The van der Waals surface area contributed by atoms with Crippen LogP contribution in [0.3, 0.4) is 0 Å². The van der Waals surface area contributed by atoms with Gasteiger partial charge >= 0.3 is 0 Å². The number of Topliss-reactive ketones (excluding diaryl/α,β-unsaturated/α-hetero) is 1. The van der Waals surface area contributed by atoms with Gasteiger partial charge in [-0.2, -0.15) is 0 Å². The van der Waals surface area contributed by atoms with E-state index in [1.807, 2.05) is 13.8 Å². The number of aryl methyl sites for hydroxylation is 2. The lowest BCUT2D eigenvalue weighted by Crippen LogP contribution is -2.04. The van der Waals surface area contributed by atoms with Gasteiger partial charge in [-0.15, -0.1) is 0 Å². The summed E-state index contributed by atoms with van der Waals surface area (Å²) in [6.07, 6.45) is 0.823. The molecule has 120 valence electrons. The molecule has 4 heteroatoms. The van der Waals surface area contributed by atoms with Gasteiger partial charge in [-0.1, -0.05) is 0 Å². The van der Waals surface area contributed by atoms with E-state index in [0.717, 1.165) is 28.7 Å². The molecule has 2 aromatic carbocycles. The lowest BCUT2D eigenvalue weighted by molar-refractivity contribution is 0.101. The van der Waals surface area contributed by atoms with Gasteiger partial charge in [0.2, 0.25) is 0 Å². The minimum absolute atomic E-state index is 0.00315. The van der Waals surface area contributed by atoms with Gasteiger partial charge in [-0.05, 0) is 62.2 Å². The van der Waals surface area contributed by atoms with Crippen molar-refractivity contribution in [1.29, 1.82) is 0 Å². The quantitative estimate of drug-likeness (QED) is 0.599. The fourth-order valence-electron chi connectivity index (χ4n) is 2.54. The number of ether oxygens (including phenoxy) is 2. The number of carbonyl (C=O) groups is 2. The van der Waals surface area contributed by atoms with E-state index in [2.05, 4.69) is 0 Å². The number of rotatable bonds is 6. The van der Waals surface area contributed by atoms with Crippen molar-refractivity contribution in [2.45, 2.75) is 27.4 Å². The summed E-state index contributed by atoms with van der Waals surface area (Å²) < 4.78 is 11.3. The molecule has 0 fully saturated rings. The standard InChI is InChI=1S/C19H20O4/c1-12-7-15(10-20)8-13(2)19(12)23-11-17-9-16(14(3)21)5-6-18(17)22-4/h5-10H,11H2,1-4H3. The fourth-order valence-corrected chi connectivity index (χ4v) is 2.54. The van der Waals surface area contributed by atoms with E-state index in [-0.39, 0.29) is 12.4 Å². The maximum Gasteiger partial charge on any atom is 0.159 e. The van der Waals surface area contributed by atoms with Crippen LogP contribution in [-0.4, -0.2) is 19.2 Å². The summed E-state index contributed by atoms with van der Waals surface area (Å²) in [5.74, 6) is 1.41. The molecule has 0 atom stereocenters. The molecule has 0 saturated carbocycles. The van der Waals surface area contributed by atoms with Crippen LogP contribution in [0.5, 0.6) is 11.5 Å². The predicted molar refractivity (Wildman–Crippen MR) is 88.6 cm³/mol. The van der Waals surface area contributed by atoms with E-state index in [1.54, 1.807) is 37.4 Å². The molecule has 0 aliphatic carbocycles. The first kappa shape index (κ1) is 16.7. The van der Waals surface area contributed by atoms with Gasteiger partial charge in [0.25, 0.3) is 0 Å². The highest BCUT2D eigenvalue weighted by atomic mass is 16.5. The minimum Gasteiger partial charge on any atom is -0.496 e. The van der Waals surface area contributed by atoms with Crippen LogP contribution in [0.4, 0.5) is 0 Å². The molecular weight excluding hydrogens is 292 g/mol. The Morgan fingerprint density at radius 1 is 1.13 bits per heavy atom. The van der Waals surface area contributed by atoms with E-state index < -0.39 is 0 Å². The summed E-state index contributed by atoms with van der Waals surface area (Å²) in [6, 6.07) is 8.87. The number of hydrogen-bond acceptors (Lipinski definition) is 4. The molecule has 2 rings (SSSR count).